The molecule has 150 valence electrons. The molecule has 0 saturated heterocycles. The van der Waals surface area contributed by atoms with Gasteiger partial charge in [-0.1, -0.05) is 25.7 Å². The molecule has 0 aromatic carbocycles. The standard InChI is InChI=1S/C10H18O4.2C2H2O4/c11-9(12)7-5-3-1-2-4-6-8-10(13)14;2*3-1(4)2(5)6/h1-8H2,(H,11,12)(H,13,14);2*(H,3,4)(H,5,6). The van der Waals surface area contributed by atoms with Gasteiger partial charge in [0.2, 0.25) is 0 Å². The smallest absolute Gasteiger partial charge is 0.414 e. The van der Waals surface area contributed by atoms with Crippen LogP contribution < -0.4 is 0 Å². The lowest BCUT2D eigenvalue weighted by Gasteiger charge is -1.98. The van der Waals surface area contributed by atoms with Gasteiger partial charge in [-0.3, -0.25) is 9.59 Å². The van der Waals surface area contributed by atoms with E-state index in [4.69, 9.17) is 49.8 Å². The minimum Gasteiger partial charge on any atom is -0.481 e. The lowest BCUT2D eigenvalue weighted by molar-refractivity contribution is -0.159. The Hall–Kier alpha value is -3.18. The third-order valence-corrected chi connectivity index (χ3v) is 2.40. The first-order valence-corrected chi connectivity index (χ1v) is 7.27. The van der Waals surface area contributed by atoms with Gasteiger partial charge in [-0.2, -0.15) is 0 Å². The predicted molar refractivity (Wildman–Crippen MR) is 82.8 cm³/mol. The maximum Gasteiger partial charge on any atom is 0.414 e. The van der Waals surface area contributed by atoms with Crippen molar-refractivity contribution in [2.24, 2.45) is 0 Å². The van der Waals surface area contributed by atoms with Crippen LogP contribution in [-0.4, -0.2) is 66.5 Å². The Balaban J connectivity index is -0.000000364. The number of aliphatic carboxylic acids is 6. The van der Waals surface area contributed by atoms with Crippen LogP contribution in [0.4, 0.5) is 0 Å². The number of hydrogen-bond donors (Lipinski definition) is 6. The SMILES string of the molecule is O=C(O)C(=O)O.O=C(O)C(=O)O.O=C(O)CCCCCCCCC(=O)O. The third kappa shape index (κ3) is 32.7. The Kier molecular flexibility index (Phi) is 19.3. The molecule has 0 saturated carbocycles. The van der Waals surface area contributed by atoms with Crippen LogP contribution in [-0.2, 0) is 28.8 Å². The van der Waals surface area contributed by atoms with Gasteiger partial charge in [0, 0.05) is 12.8 Å². The highest BCUT2D eigenvalue weighted by molar-refractivity contribution is 6.27. The van der Waals surface area contributed by atoms with Crippen molar-refractivity contribution in [2.45, 2.75) is 51.4 Å². The summed E-state index contributed by atoms with van der Waals surface area (Å²) in [5, 5.41) is 46.3. The Bertz CT molecular complexity index is 414. The van der Waals surface area contributed by atoms with Gasteiger partial charge in [-0.15, -0.1) is 0 Å². The highest BCUT2D eigenvalue weighted by Gasteiger charge is 2.04. The Labute approximate surface area is 147 Å². The van der Waals surface area contributed by atoms with Crippen LogP contribution in [0.15, 0.2) is 0 Å². The fraction of sp³-hybridized carbons (Fsp3) is 0.571. The molecule has 0 aliphatic rings. The lowest BCUT2D eigenvalue weighted by Crippen LogP contribution is -2.09. The average molecular weight is 382 g/mol. The fourth-order valence-electron chi connectivity index (χ4n) is 1.26. The summed E-state index contributed by atoms with van der Waals surface area (Å²) in [6, 6.07) is 0. The average Bonchev–Trinajstić information content (AvgIpc) is 2.50. The van der Waals surface area contributed by atoms with Crippen molar-refractivity contribution in [1.29, 1.82) is 0 Å². The van der Waals surface area contributed by atoms with Gasteiger partial charge in [-0.25, -0.2) is 19.2 Å². The van der Waals surface area contributed by atoms with Crippen molar-refractivity contribution in [3.05, 3.63) is 0 Å². The summed E-state index contributed by atoms with van der Waals surface area (Å²) in [4.78, 5) is 56.7. The zero-order valence-corrected chi connectivity index (χ0v) is 13.8. The second kappa shape index (κ2) is 18.2. The number of carboxylic acid groups (broad SMARTS) is 6. The van der Waals surface area contributed by atoms with Crippen LogP contribution in [0.3, 0.4) is 0 Å². The third-order valence-electron chi connectivity index (χ3n) is 2.40. The first kappa shape index (κ1) is 27.7. The zero-order chi connectivity index (χ0) is 21.1. The Morgan fingerprint density at radius 1 is 0.385 bits per heavy atom. The normalized spacial score (nSPS) is 8.77. The van der Waals surface area contributed by atoms with Crippen molar-refractivity contribution in [1.82, 2.24) is 0 Å². The molecule has 0 aliphatic heterocycles. The summed E-state index contributed by atoms with van der Waals surface area (Å²) >= 11 is 0. The Morgan fingerprint density at radius 3 is 0.731 bits per heavy atom. The molecule has 0 aromatic rings. The largest absolute Gasteiger partial charge is 0.481 e. The molecule has 26 heavy (non-hydrogen) atoms. The van der Waals surface area contributed by atoms with E-state index < -0.39 is 35.8 Å². The summed E-state index contributed by atoms with van der Waals surface area (Å²) in [5.41, 5.74) is 0. The molecule has 0 aliphatic carbocycles. The topological polar surface area (TPSA) is 224 Å². The second-order valence-electron chi connectivity index (χ2n) is 4.63. The minimum atomic E-state index is -1.82. The van der Waals surface area contributed by atoms with Crippen molar-refractivity contribution in [3.8, 4) is 0 Å². The van der Waals surface area contributed by atoms with Crippen LogP contribution in [0.1, 0.15) is 51.4 Å². The summed E-state index contributed by atoms with van der Waals surface area (Å²) in [6.07, 6.45) is 5.82. The number of rotatable bonds is 9. The highest BCUT2D eigenvalue weighted by Crippen LogP contribution is 2.08. The molecule has 0 aromatic heterocycles. The molecule has 0 unspecified atom stereocenters. The van der Waals surface area contributed by atoms with E-state index in [-0.39, 0.29) is 12.8 Å². The van der Waals surface area contributed by atoms with Crippen LogP contribution >= 0.6 is 0 Å². The molecule has 6 N–H and O–H groups in total. The first-order chi connectivity index (χ1) is 11.9. The maximum absolute atomic E-state index is 10.1. The van der Waals surface area contributed by atoms with E-state index in [2.05, 4.69) is 0 Å². The number of carbonyl (C=O) groups is 6. The van der Waals surface area contributed by atoms with Gasteiger partial charge < -0.3 is 30.6 Å². The summed E-state index contributed by atoms with van der Waals surface area (Å²) in [5.74, 6) is -8.78. The van der Waals surface area contributed by atoms with E-state index in [1.54, 1.807) is 0 Å². The fourth-order valence-corrected chi connectivity index (χ4v) is 1.26. The van der Waals surface area contributed by atoms with Gasteiger partial charge in [0.25, 0.3) is 0 Å². The van der Waals surface area contributed by atoms with Crippen LogP contribution in [0.25, 0.3) is 0 Å². The van der Waals surface area contributed by atoms with Crippen molar-refractivity contribution in [3.63, 3.8) is 0 Å². The molecule has 12 heteroatoms. The van der Waals surface area contributed by atoms with E-state index >= 15 is 0 Å². The minimum absolute atomic E-state index is 0.245. The molecule has 0 atom stereocenters. The molecule has 0 spiro atoms. The monoisotopic (exact) mass is 382 g/mol. The molecule has 0 heterocycles. The van der Waals surface area contributed by atoms with Crippen molar-refractivity contribution >= 4 is 35.8 Å². The van der Waals surface area contributed by atoms with Crippen molar-refractivity contribution < 1.29 is 59.4 Å². The lowest BCUT2D eigenvalue weighted by atomic mass is 10.1. The second-order valence-corrected chi connectivity index (χ2v) is 4.63. The predicted octanol–water partition coefficient (Wildman–Crippen LogP) is 0.588. The molecule has 0 radical (unpaired) electrons. The quantitative estimate of drug-likeness (QED) is 0.238. The Morgan fingerprint density at radius 2 is 0.577 bits per heavy atom. The summed E-state index contributed by atoms with van der Waals surface area (Å²) in [6.45, 7) is 0. The maximum atomic E-state index is 10.1. The number of carboxylic acids is 6. The molecular formula is C14H22O12. The van der Waals surface area contributed by atoms with Crippen LogP contribution in [0.2, 0.25) is 0 Å². The highest BCUT2D eigenvalue weighted by atomic mass is 16.4. The first-order valence-electron chi connectivity index (χ1n) is 7.27. The molecule has 0 bridgehead atoms. The number of hydrogen-bond acceptors (Lipinski definition) is 6. The summed E-state index contributed by atoms with van der Waals surface area (Å²) in [7, 11) is 0. The van der Waals surface area contributed by atoms with Crippen molar-refractivity contribution in [2.75, 3.05) is 0 Å². The molecule has 12 nitrogen and oxygen atoms in total. The van der Waals surface area contributed by atoms with Gasteiger partial charge in [0.05, 0.1) is 0 Å². The van der Waals surface area contributed by atoms with Gasteiger partial charge >= 0.3 is 35.8 Å². The van der Waals surface area contributed by atoms with Gasteiger partial charge in [0.1, 0.15) is 0 Å². The van der Waals surface area contributed by atoms with E-state index in [0.29, 0.717) is 0 Å². The molecular weight excluding hydrogens is 360 g/mol. The van der Waals surface area contributed by atoms with Gasteiger partial charge in [0.15, 0.2) is 0 Å². The van der Waals surface area contributed by atoms with E-state index in [1.807, 2.05) is 0 Å². The van der Waals surface area contributed by atoms with Crippen LogP contribution in [0, 0.1) is 0 Å². The van der Waals surface area contributed by atoms with Gasteiger partial charge in [-0.05, 0) is 12.8 Å². The summed E-state index contributed by atoms with van der Waals surface area (Å²) < 4.78 is 0. The van der Waals surface area contributed by atoms with E-state index in [0.717, 1.165) is 38.5 Å². The molecule has 0 rings (SSSR count). The molecule has 0 fully saturated rings. The van der Waals surface area contributed by atoms with E-state index in [9.17, 15) is 9.59 Å². The van der Waals surface area contributed by atoms with Crippen LogP contribution in [0.5, 0.6) is 0 Å². The van der Waals surface area contributed by atoms with E-state index in [1.165, 1.54) is 0 Å². The zero-order valence-electron chi connectivity index (χ0n) is 13.8. The number of unbranched alkanes of at least 4 members (excludes halogenated alkanes) is 5. The molecule has 0 amide bonds.